The minimum Gasteiger partial charge on any atom is -0.378 e. The van der Waals surface area contributed by atoms with Crippen LogP contribution in [0.1, 0.15) is 15.9 Å². The maximum atomic E-state index is 12.6. The molecule has 9 heteroatoms. The molecule has 4 rings (SSSR count). The molecule has 0 aliphatic carbocycles. The number of aryl methyl sites for hydroxylation is 1. The standard InChI is InChI=1S/C19H24ClN5O3/c1-14-9-22-25(11-14)13-16-12-24(4-7-28-16)18-17(20)8-15(10-21-18)19(26)23-2-5-27-6-3-23/h8-11,16H,2-7,12-13H2,1H3. The topological polar surface area (TPSA) is 72.7 Å². The first-order chi connectivity index (χ1) is 13.6. The average molecular weight is 406 g/mol. The van der Waals surface area contributed by atoms with E-state index in [-0.39, 0.29) is 12.0 Å². The fourth-order valence-electron chi connectivity index (χ4n) is 3.53. The Balaban J connectivity index is 1.43. The molecule has 2 aliphatic rings. The van der Waals surface area contributed by atoms with Gasteiger partial charge in [-0.05, 0) is 18.6 Å². The van der Waals surface area contributed by atoms with Gasteiger partial charge >= 0.3 is 0 Å². The van der Waals surface area contributed by atoms with E-state index in [1.807, 2.05) is 24.0 Å². The van der Waals surface area contributed by atoms with Gasteiger partial charge in [-0.25, -0.2) is 4.98 Å². The molecule has 2 aromatic rings. The molecular formula is C19H24ClN5O3. The quantitative estimate of drug-likeness (QED) is 0.769. The van der Waals surface area contributed by atoms with E-state index in [1.165, 1.54) is 0 Å². The maximum Gasteiger partial charge on any atom is 0.255 e. The Morgan fingerprint density at radius 2 is 2.07 bits per heavy atom. The normalized spacial score (nSPS) is 20.4. The fourth-order valence-corrected chi connectivity index (χ4v) is 3.81. The highest BCUT2D eigenvalue weighted by Crippen LogP contribution is 2.26. The van der Waals surface area contributed by atoms with Crippen molar-refractivity contribution in [1.29, 1.82) is 0 Å². The van der Waals surface area contributed by atoms with Crippen molar-refractivity contribution < 1.29 is 14.3 Å². The molecule has 1 unspecified atom stereocenters. The first kappa shape index (κ1) is 19.2. The average Bonchev–Trinajstić information content (AvgIpc) is 3.12. The number of anilines is 1. The van der Waals surface area contributed by atoms with Gasteiger partial charge in [0.2, 0.25) is 0 Å². The van der Waals surface area contributed by atoms with Crippen LogP contribution >= 0.6 is 11.6 Å². The van der Waals surface area contributed by atoms with Crippen LogP contribution in [0.25, 0.3) is 0 Å². The number of nitrogens with zero attached hydrogens (tertiary/aromatic N) is 5. The molecule has 8 nitrogen and oxygen atoms in total. The summed E-state index contributed by atoms with van der Waals surface area (Å²) >= 11 is 6.50. The lowest BCUT2D eigenvalue weighted by molar-refractivity contribution is 0.0271. The summed E-state index contributed by atoms with van der Waals surface area (Å²) in [6.45, 7) is 6.98. The van der Waals surface area contributed by atoms with E-state index in [1.54, 1.807) is 17.2 Å². The highest BCUT2D eigenvalue weighted by atomic mass is 35.5. The molecule has 0 spiro atoms. The molecule has 0 radical (unpaired) electrons. The van der Waals surface area contributed by atoms with Gasteiger partial charge in [0.1, 0.15) is 5.82 Å². The van der Waals surface area contributed by atoms with Gasteiger partial charge in [0.15, 0.2) is 0 Å². The fraction of sp³-hybridized carbons (Fsp3) is 0.526. The summed E-state index contributed by atoms with van der Waals surface area (Å²) in [5.41, 5.74) is 1.63. The van der Waals surface area contributed by atoms with Crippen molar-refractivity contribution in [2.24, 2.45) is 0 Å². The molecule has 0 aromatic carbocycles. The molecule has 150 valence electrons. The first-order valence-electron chi connectivity index (χ1n) is 9.48. The molecule has 2 aliphatic heterocycles. The number of amides is 1. The summed E-state index contributed by atoms with van der Waals surface area (Å²) in [7, 11) is 0. The number of ether oxygens (including phenoxy) is 2. The van der Waals surface area contributed by atoms with Gasteiger partial charge in [-0.1, -0.05) is 11.6 Å². The van der Waals surface area contributed by atoms with Crippen LogP contribution in [0.15, 0.2) is 24.7 Å². The van der Waals surface area contributed by atoms with Crippen LogP contribution in [0.3, 0.4) is 0 Å². The molecule has 2 fully saturated rings. The summed E-state index contributed by atoms with van der Waals surface area (Å²) in [6.07, 6.45) is 5.45. The van der Waals surface area contributed by atoms with Gasteiger partial charge in [0, 0.05) is 38.6 Å². The largest absolute Gasteiger partial charge is 0.378 e. The van der Waals surface area contributed by atoms with Gasteiger partial charge in [0.25, 0.3) is 5.91 Å². The van der Waals surface area contributed by atoms with E-state index in [4.69, 9.17) is 21.1 Å². The van der Waals surface area contributed by atoms with Crippen molar-refractivity contribution in [3.8, 4) is 0 Å². The second-order valence-electron chi connectivity index (χ2n) is 7.11. The minimum atomic E-state index is -0.0573. The van der Waals surface area contributed by atoms with E-state index in [0.717, 1.165) is 5.56 Å². The summed E-state index contributed by atoms with van der Waals surface area (Å²) in [5, 5.41) is 4.81. The molecular weight excluding hydrogens is 382 g/mol. The molecule has 0 saturated carbocycles. The second-order valence-corrected chi connectivity index (χ2v) is 7.52. The summed E-state index contributed by atoms with van der Waals surface area (Å²) < 4.78 is 13.1. The lowest BCUT2D eigenvalue weighted by atomic mass is 10.2. The molecule has 0 bridgehead atoms. The number of pyridine rings is 1. The van der Waals surface area contributed by atoms with Gasteiger partial charge in [-0.2, -0.15) is 5.10 Å². The Kier molecular flexibility index (Phi) is 5.79. The Bertz CT molecular complexity index is 837. The lowest BCUT2D eigenvalue weighted by Crippen LogP contribution is -2.45. The summed E-state index contributed by atoms with van der Waals surface area (Å²) in [5.74, 6) is 0.628. The maximum absolute atomic E-state index is 12.6. The molecule has 28 heavy (non-hydrogen) atoms. The van der Waals surface area contributed by atoms with E-state index >= 15 is 0 Å². The van der Waals surface area contributed by atoms with Crippen LogP contribution in [-0.4, -0.2) is 77.7 Å². The number of aromatic nitrogens is 3. The lowest BCUT2D eigenvalue weighted by Gasteiger charge is -2.34. The van der Waals surface area contributed by atoms with Gasteiger partial charge in [-0.3, -0.25) is 9.48 Å². The predicted molar refractivity (Wildman–Crippen MR) is 105 cm³/mol. The molecule has 1 atom stereocenters. The van der Waals surface area contributed by atoms with Crippen LogP contribution in [0, 0.1) is 6.92 Å². The van der Waals surface area contributed by atoms with E-state index in [2.05, 4.69) is 15.0 Å². The molecule has 4 heterocycles. The third-order valence-electron chi connectivity index (χ3n) is 4.96. The van der Waals surface area contributed by atoms with Gasteiger partial charge in [0.05, 0.1) is 49.3 Å². The summed E-state index contributed by atoms with van der Waals surface area (Å²) in [4.78, 5) is 21.0. The number of carbonyl (C=O) groups is 1. The van der Waals surface area contributed by atoms with Crippen LogP contribution in [-0.2, 0) is 16.0 Å². The Morgan fingerprint density at radius 3 is 2.79 bits per heavy atom. The van der Waals surface area contributed by atoms with Crippen LogP contribution in [0.5, 0.6) is 0 Å². The zero-order valence-corrected chi connectivity index (χ0v) is 16.6. The Hall–Kier alpha value is -2.16. The molecule has 0 N–H and O–H groups in total. The van der Waals surface area contributed by atoms with Gasteiger partial charge < -0.3 is 19.3 Å². The monoisotopic (exact) mass is 405 g/mol. The first-order valence-corrected chi connectivity index (χ1v) is 9.86. The number of morpholine rings is 2. The number of hydrogen-bond acceptors (Lipinski definition) is 6. The third kappa shape index (κ3) is 4.29. The van der Waals surface area contributed by atoms with E-state index in [0.29, 0.717) is 68.9 Å². The Morgan fingerprint density at radius 1 is 1.25 bits per heavy atom. The number of carbonyl (C=O) groups excluding carboxylic acids is 1. The van der Waals surface area contributed by atoms with Crippen LogP contribution in [0.2, 0.25) is 5.02 Å². The number of rotatable bonds is 4. The predicted octanol–water partition coefficient (Wildman–Crippen LogP) is 1.62. The molecule has 1 amide bonds. The van der Waals surface area contributed by atoms with Crippen molar-refractivity contribution in [1.82, 2.24) is 19.7 Å². The SMILES string of the molecule is Cc1cnn(CC2CN(c3ncc(C(=O)N4CCOCC4)cc3Cl)CCO2)c1. The smallest absolute Gasteiger partial charge is 0.255 e. The van der Waals surface area contributed by atoms with E-state index < -0.39 is 0 Å². The highest BCUT2D eigenvalue weighted by Gasteiger charge is 2.25. The zero-order chi connectivity index (χ0) is 19.5. The number of halogens is 1. The van der Waals surface area contributed by atoms with Crippen molar-refractivity contribution in [3.05, 3.63) is 40.8 Å². The van der Waals surface area contributed by atoms with E-state index in [9.17, 15) is 4.79 Å². The number of hydrogen-bond donors (Lipinski definition) is 0. The second kappa shape index (κ2) is 8.46. The van der Waals surface area contributed by atoms with Crippen molar-refractivity contribution >= 4 is 23.3 Å². The third-order valence-corrected chi connectivity index (χ3v) is 5.24. The van der Waals surface area contributed by atoms with Crippen LogP contribution < -0.4 is 4.90 Å². The highest BCUT2D eigenvalue weighted by molar-refractivity contribution is 6.33. The van der Waals surface area contributed by atoms with Crippen molar-refractivity contribution in [2.45, 2.75) is 19.6 Å². The van der Waals surface area contributed by atoms with Gasteiger partial charge in [-0.15, -0.1) is 0 Å². The van der Waals surface area contributed by atoms with Crippen LogP contribution in [0.4, 0.5) is 5.82 Å². The molecule has 2 saturated heterocycles. The molecule has 2 aromatic heterocycles. The minimum absolute atomic E-state index is 0.000532. The Labute approximate surface area is 169 Å². The summed E-state index contributed by atoms with van der Waals surface area (Å²) in [6, 6.07) is 1.71. The van der Waals surface area contributed by atoms with Crippen molar-refractivity contribution in [3.63, 3.8) is 0 Å². The van der Waals surface area contributed by atoms with Crippen molar-refractivity contribution in [2.75, 3.05) is 50.9 Å². The zero-order valence-electron chi connectivity index (χ0n) is 15.9.